The number of carbonyl (C=O) groups excluding carboxylic acids is 2. The molecular weight excluding hydrogens is 400 g/mol. The van der Waals surface area contributed by atoms with Gasteiger partial charge in [0, 0.05) is 38.1 Å². The second-order valence-electron chi connectivity index (χ2n) is 8.49. The Morgan fingerprint density at radius 2 is 1.90 bits per heavy atom. The summed E-state index contributed by atoms with van der Waals surface area (Å²) >= 11 is 5.56. The number of Topliss-reactive ketones (excluding diaryl/α,β-unsaturated/α-hetero) is 1. The van der Waals surface area contributed by atoms with E-state index in [4.69, 9.17) is 21.7 Å². The van der Waals surface area contributed by atoms with Gasteiger partial charge in [0.1, 0.15) is 11.8 Å². The number of hydrogen-bond donors (Lipinski definition) is 1. The third-order valence-corrected chi connectivity index (χ3v) is 7.26. The van der Waals surface area contributed by atoms with Crippen LogP contribution in [0.3, 0.4) is 0 Å². The molecule has 1 unspecified atom stereocenters. The Balaban J connectivity index is 1.51. The summed E-state index contributed by atoms with van der Waals surface area (Å²) in [7, 11) is 3.18. The first kappa shape index (κ1) is 21.6. The minimum Gasteiger partial charge on any atom is -0.354 e. The SMILES string of the molecule is COC(OC)[C@@H]1CCCN1C(=O)[C@H]1NCC(=S)C1C(=O)[C@H]1CCc2ccccc2C1. The van der Waals surface area contributed by atoms with Crippen LogP contribution in [0.1, 0.15) is 30.4 Å². The number of nitrogens with zero attached hydrogens (tertiary/aromatic N) is 1. The van der Waals surface area contributed by atoms with Crippen LogP contribution in [-0.4, -0.2) is 67.1 Å². The van der Waals surface area contributed by atoms with Crippen molar-refractivity contribution in [2.75, 3.05) is 27.3 Å². The van der Waals surface area contributed by atoms with Gasteiger partial charge in [-0.25, -0.2) is 0 Å². The van der Waals surface area contributed by atoms with Crippen LogP contribution in [0.2, 0.25) is 0 Å². The fourth-order valence-corrected chi connectivity index (χ4v) is 5.65. The van der Waals surface area contributed by atoms with Gasteiger partial charge in [0.05, 0.1) is 12.0 Å². The minimum absolute atomic E-state index is 0.0639. The minimum atomic E-state index is -0.586. The molecule has 2 aliphatic heterocycles. The number of aryl methyl sites for hydroxylation is 1. The normalized spacial score (nSPS) is 28.8. The number of likely N-dealkylation sites (tertiary alicyclic amines) is 1. The van der Waals surface area contributed by atoms with E-state index in [9.17, 15) is 9.59 Å². The smallest absolute Gasteiger partial charge is 0.241 e. The third-order valence-electron chi connectivity index (χ3n) is 6.86. The van der Waals surface area contributed by atoms with Crippen molar-refractivity contribution in [3.8, 4) is 0 Å². The van der Waals surface area contributed by atoms with Crippen molar-refractivity contribution in [3.63, 3.8) is 0 Å². The third kappa shape index (κ3) is 3.96. The number of benzene rings is 1. The summed E-state index contributed by atoms with van der Waals surface area (Å²) in [5.41, 5.74) is 2.57. The Kier molecular flexibility index (Phi) is 6.63. The van der Waals surface area contributed by atoms with Gasteiger partial charge in [0.2, 0.25) is 5.91 Å². The summed E-state index contributed by atoms with van der Waals surface area (Å²) in [6.07, 6.45) is 3.71. The van der Waals surface area contributed by atoms with Gasteiger partial charge in [0.25, 0.3) is 0 Å². The molecule has 0 spiro atoms. The molecule has 2 fully saturated rings. The molecule has 1 amide bonds. The van der Waals surface area contributed by atoms with E-state index in [1.807, 2.05) is 17.0 Å². The predicted molar refractivity (Wildman–Crippen MR) is 117 cm³/mol. The van der Waals surface area contributed by atoms with Gasteiger partial charge in [-0.15, -0.1) is 0 Å². The van der Waals surface area contributed by atoms with Crippen molar-refractivity contribution in [2.24, 2.45) is 11.8 Å². The number of amides is 1. The van der Waals surface area contributed by atoms with Crippen molar-refractivity contribution in [1.29, 1.82) is 0 Å². The van der Waals surface area contributed by atoms with E-state index < -0.39 is 18.2 Å². The molecular formula is C23H30N2O4S. The highest BCUT2D eigenvalue weighted by atomic mass is 32.1. The zero-order valence-electron chi connectivity index (χ0n) is 17.6. The average Bonchev–Trinajstić information content (AvgIpc) is 3.40. The van der Waals surface area contributed by atoms with Crippen molar-refractivity contribution in [2.45, 2.75) is 50.5 Å². The van der Waals surface area contributed by atoms with Gasteiger partial charge in [0.15, 0.2) is 6.29 Å². The molecule has 30 heavy (non-hydrogen) atoms. The summed E-state index contributed by atoms with van der Waals surface area (Å²) in [5, 5.41) is 3.23. The van der Waals surface area contributed by atoms with Gasteiger partial charge in [-0.1, -0.05) is 36.5 Å². The first-order chi connectivity index (χ1) is 14.5. The molecule has 1 aromatic rings. The lowest BCUT2D eigenvalue weighted by atomic mass is 9.76. The molecule has 4 atom stereocenters. The molecule has 1 aromatic carbocycles. The number of ketones is 1. The quantitative estimate of drug-likeness (QED) is 0.550. The lowest BCUT2D eigenvalue weighted by Crippen LogP contribution is -2.53. The first-order valence-electron chi connectivity index (χ1n) is 10.8. The van der Waals surface area contributed by atoms with Crippen molar-refractivity contribution in [1.82, 2.24) is 10.2 Å². The summed E-state index contributed by atoms with van der Waals surface area (Å²) in [4.78, 5) is 29.5. The van der Waals surface area contributed by atoms with Crippen molar-refractivity contribution in [3.05, 3.63) is 35.4 Å². The summed E-state index contributed by atoms with van der Waals surface area (Å²) in [5.74, 6) is -0.569. The van der Waals surface area contributed by atoms with Gasteiger partial charge in [-0.3, -0.25) is 9.59 Å². The lowest BCUT2D eigenvalue weighted by molar-refractivity contribution is -0.159. The molecule has 3 aliphatic rings. The van der Waals surface area contributed by atoms with E-state index in [2.05, 4.69) is 17.4 Å². The van der Waals surface area contributed by atoms with Crippen LogP contribution in [0.5, 0.6) is 0 Å². The molecule has 162 valence electrons. The second kappa shape index (κ2) is 9.22. The standard InChI is InChI=1S/C23H30N2O4S/c1-28-23(29-2)17-8-5-11-25(17)22(27)20-19(18(30)13-24-20)21(26)16-10-9-14-6-3-4-7-15(14)12-16/h3-4,6-7,16-17,19-20,23-24H,5,8-13H2,1-2H3/t16-,17-,19?,20-/m0/s1. The number of carbonyl (C=O) groups is 2. The van der Waals surface area contributed by atoms with E-state index in [-0.39, 0.29) is 23.7 Å². The number of thiocarbonyl (C=S) groups is 1. The van der Waals surface area contributed by atoms with E-state index in [1.54, 1.807) is 14.2 Å². The average molecular weight is 431 g/mol. The molecule has 2 saturated heterocycles. The Morgan fingerprint density at radius 1 is 1.17 bits per heavy atom. The van der Waals surface area contributed by atoms with Crippen LogP contribution in [0, 0.1) is 11.8 Å². The number of fused-ring (bicyclic) bond motifs is 1. The van der Waals surface area contributed by atoms with E-state index in [0.717, 1.165) is 32.1 Å². The summed E-state index contributed by atoms with van der Waals surface area (Å²) < 4.78 is 10.8. The topological polar surface area (TPSA) is 67.9 Å². The number of hydrogen-bond acceptors (Lipinski definition) is 6. The van der Waals surface area contributed by atoms with Crippen LogP contribution in [0.25, 0.3) is 0 Å². The van der Waals surface area contributed by atoms with Crippen LogP contribution in [-0.2, 0) is 31.9 Å². The molecule has 1 N–H and O–H groups in total. The van der Waals surface area contributed by atoms with Crippen LogP contribution in [0.15, 0.2) is 24.3 Å². The molecule has 0 radical (unpaired) electrons. The fourth-order valence-electron chi connectivity index (χ4n) is 5.31. The molecule has 7 heteroatoms. The number of ether oxygens (including phenoxy) is 2. The highest BCUT2D eigenvalue weighted by molar-refractivity contribution is 7.80. The molecule has 1 aliphatic carbocycles. The molecule has 0 aromatic heterocycles. The Bertz CT molecular complexity index is 825. The fraction of sp³-hybridized carbons (Fsp3) is 0.609. The maximum absolute atomic E-state index is 13.5. The van der Waals surface area contributed by atoms with Gasteiger partial charge in [-0.05, 0) is 43.2 Å². The van der Waals surface area contributed by atoms with Crippen molar-refractivity contribution < 1.29 is 19.1 Å². The van der Waals surface area contributed by atoms with E-state index in [1.165, 1.54) is 11.1 Å². The monoisotopic (exact) mass is 430 g/mol. The molecule has 2 heterocycles. The van der Waals surface area contributed by atoms with E-state index >= 15 is 0 Å². The summed E-state index contributed by atoms with van der Waals surface area (Å²) in [6.45, 7) is 1.08. The summed E-state index contributed by atoms with van der Waals surface area (Å²) in [6, 6.07) is 7.59. The lowest BCUT2D eigenvalue weighted by Gasteiger charge is -2.33. The van der Waals surface area contributed by atoms with E-state index in [0.29, 0.717) is 18.0 Å². The maximum atomic E-state index is 13.5. The Hall–Kier alpha value is -1.67. The van der Waals surface area contributed by atoms with Gasteiger partial charge in [-0.2, -0.15) is 0 Å². The maximum Gasteiger partial charge on any atom is 0.241 e. The number of rotatable bonds is 6. The Labute approximate surface area is 183 Å². The van der Waals surface area contributed by atoms with Crippen LogP contribution >= 0.6 is 12.2 Å². The largest absolute Gasteiger partial charge is 0.354 e. The zero-order valence-corrected chi connectivity index (χ0v) is 18.5. The van der Waals surface area contributed by atoms with Crippen LogP contribution in [0.4, 0.5) is 0 Å². The second-order valence-corrected chi connectivity index (χ2v) is 9.02. The van der Waals surface area contributed by atoms with Gasteiger partial charge < -0.3 is 19.7 Å². The molecule has 0 saturated carbocycles. The zero-order chi connectivity index (χ0) is 21.3. The van der Waals surface area contributed by atoms with Crippen LogP contribution < -0.4 is 5.32 Å². The van der Waals surface area contributed by atoms with Gasteiger partial charge >= 0.3 is 0 Å². The number of methoxy groups -OCH3 is 2. The predicted octanol–water partition coefficient (Wildman–Crippen LogP) is 1.93. The molecule has 4 rings (SSSR count). The Morgan fingerprint density at radius 3 is 2.63 bits per heavy atom. The number of nitrogens with one attached hydrogen (secondary N) is 1. The van der Waals surface area contributed by atoms with Crippen molar-refractivity contribution >= 4 is 28.8 Å². The molecule has 0 bridgehead atoms. The highest BCUT2D eigenvalue weighted by Gasteiger charge is 2.47. The molecule has 6 nitrogen and oxygen atoms in total. The first-order valence-corrected chi connectivity index (χ1v) is 11.2. The highest BCUT2D eigenvalue weighted by Crippen LogP contribution is 2.32.